The van der Waals surface area contributed by atoms with Crippen molar-refractivity contribution < 1.29 is 13.2 Å². The van der Waals surface area contributed by atoms with Crippen molar-refractivity contribution in [3.8, 4) is 0 Å². The normalized spacial score (nSPS) is 11.6. The first-order valence-corrected chi connectivity index (χ1v) is 7.05. The zero-order chi connectivity index (χ0) is 14.8. The smallest absolute Gasteiger partial charge is 0.399 e. The van der Waals surface area contributed by atoms with E-state index in [0.29, 0.717) is 4.90 Å². The molecule has 0 heterocycles. The summed E-state index contributed by atoms with van der Waals surface area (Å²) in [6, 6.07) is 10.9. The number of anilines is 1. The molecule has 20 heavy (non-hydrogen) atoms. The first-order valence-electron chi connectivity index (χ1n) is 5.70. The molecule has 0 saturated heterocycles. The van der Waals surface area contributed by atoms with Crippen LogP contribution in [0.3, 0.4) is 0 Å². The van der Waals surface area contributed by atoms with E-state index in [4.69, 9.17) is 17.3 Å². The molecule has 0 saturated carbocycles. The molecule has 0 radical (unpaired) electrons. The minimum absolute atomic E-state index is 0.0901. The highest BCUT2D eigenvalue weighted by Gasteiger charge is 2.33. The summed E-state index contributed by atoms with van der Waals surface area (Å²) >= 11 is 6.84. The second-order valence-corrected chi connectivity index (χ2v) is 5.45. The zero-order valence-electron chi connectivity index (χ0n) is 10.2. The van der Waals surface area contributed by atoms with Crippen molar-refractivity contribution in [3.63, 3.8) is 0 Å². The fourth-order valence-electron chi connectivity index (χ4n) is 1.69. The van der Waals surface area contributed by atoms with Crippen LogP contribution in [0.5, 0.6) is 0 Å². The van der Waals surface area contributed by atoms with Gasteiger partial charge in [0.05, 0.1) is 5.56 Å². The Balaban J connectivity index is 2.44. The third-order valence-electron chi connectivity index (χ3n) is 2.65. The van der Waals surface area contributed by atoms with Crippen LogP contribution in [0.25, 0.3) is 0 Å². The lowest BCUT2D eigenvalue weighted by atomic mass is 10.2. The summed E-state index contributed by atoms with van der Waals surface area (Å²) in [6.07, 6.45) is -4.44. The van der Waals surface area contributed by atoms with Gasteiger partial charge in [0, 0.05) is 21.4 Å². The van der Waals surface area contributed by atoms with Gasteiger partial charge in [0.25, 0.3) is 0 Å². The first kappa shape index (κ1) is 15.1. The van der Waals surface area contributed by atoms with E-state index in [1.807, 2.05) is 0 Å². The Morgan fingerprint density at radius 1 is 1.05 bits per heavy atom. The van der Waals surface area contributed by atoms with Crippen molar-refractivity contribution in [1.82, 2.24) is 0 Å². The molecule has 0 unspecified atom stereocenters. The number of rotatable bonds is 3. The van der Waals surface area contributed by atoms with E-state index in [9.17, 15) is 13.2 Å². The van der Waals surface area contributed by atoms with Crippen LogP contribution < -0.4 is 5.73 Å². The van der Waals surface area contributed by atoms with Crippen LogP contribution in [0.2, 0.25) is 0 Å². The largest absolute Gasteiger partial charge is 0.417 e. The van der Waals surface area contributed by atoms with Gasteiger partial charge >= 0.3 is 6.18 Å². The van der Waals surface area contributed by atoms with Crippen molar-refractivity contribution in [2.24, 2.45) is 0 Å². The number of halogens is 4. The van der Waals surface area contributed by atoms with E-state index in [0.717, 1.165) is 23.4 Å². The van der Waals surface area contributed by atoms with Crippen LogP contribution in [0.1, 0.15) is 11.1 Å². The van der Waals surface area contributed by atoms with Gasteiger partial charge in [-0.3, -0.25) is 0 Å². The van der Waals surface area contributed by atoms with Crippen LogP contribution in [0.15, 0.2) is 52.3 Å². The Labute approximate surface area is 123 Å². The summed E-state index contributed by atoms with van der Waals surface area (Å²) < 4.78 is 39.1. The molecular formula is C14H11ClF3NS. The lowest BCUT2D eigenvalue weighted by Gasteiger charge is -2.14. The molecule has 1 nitrogen and oxygen atoms in total. The second kappa shape index (κ2) is 5.97. The number of benzene rings is 2. The summed E-state index contributed by atoms with van der Waals surface area (Å²) in [6.45, 7) is 0. The maximum atomic E-state index is 13.0. The van der Waals surface area contributed by atoms with E-state index in [1.165, 1.54) is 12.1 Å². The quantitative estimate of drug-likeness (QED) is 0.623. The lowest BCUT2D eigenvalue weighted by Crippen LogP contribution is -2.07. The summed E-state index contributed by atoms with van der Waals surface area (Å²) in [7, 11) is 0. The standard InChI is InChI=1S/C14H11ClF3NS/c15-8-9-3-1-2-4-12(9)20-13-6-5-10(19)7-11(13)14(16,17)18/h1-7H,8,19H2. The summed E-state index contributed by atoms with van der Waals surface area (Å²) in [4.78, 5) is 0.821. The van der Waals surface area contributed by atoms with E-state index < -0.39 is 11.7 Å². The van der Waals surface area contributed by atoms with Gasteiger partial charge in [0.15, 0.2) is 0 Å². The predicted octanol–water partition coefficient (Wildman–Crippen LogP) is 5.18. The topological polar surface area (TPSA) is 26.0 Å². The summed E-state index contributed by atoms with van der Waals surface area (Å²) in [5.74, 6) is 0.250. The molecule has 106 valence electrons. The molecule has 0 aliphatic carbocycles. The molecule has 2 rings (SSSR count). The lowest BCUT2D eigenvalue weighted by molar-refractivity contribution is -0.139. The van der Waals surface area contributed by atoms with Crippen LogP contribution >= 0.6 is 23.4 Å². The molecule has 6 heteroatoms. The number of alkyl halides is 4. The number of nitrogens with two attached hydrogens (primary N) is 1. The minimum Gasteiger partial charge on any atom is -0.399 e. The number of hydrogen-bond acceptors (Lipinski definition) is 2. The SMILES string of the molecule is Nc1ccc(Sc2ccccc2CCl)c(C(F)(F)F)c1. The Hall–Kier alpha value is -1.33. The Morgan fingerprint density at radius 3 is 2.40 bits per heavy atom. The first-order chi connectivity index (χ1) is 9.41. The molecule has 2 aromatic rings. The summed E-state index contributed by atoms with van der Waals surface area (Å²) in [5, 5.41) is 0. The molecule has 0 amide bonds. The zero-order valence-corrected chi connectivity index (χ0v) is 11.8. The van der Waals surface area contributed by atoms with Crippen LogP contribution in [-0.4, -0.2) is 0 Å². The Morgan fingerprint density at radius 2 is 1.75 bits per heavy atom. The van der Waals surface area contributed by atoms with Gasteiger partial charge < -0.3 is 5.73 Å². The van der Waals surface area contributed by atoms with Crippen molar-refractivity contribution in [2.75, 3.05) is 5.73 Å². The summed E-state index contributed by atoms with van der Waals surface area (Å²) in [5.41, 5.74) is 5.60. The highest BCUT2D eigenvalue weighted by atomic mass is 35.5. The molecule has 0 atom stereocenters. The Kier molecular flexibility index (Phi) is 4.50. The van der Waals surface area contributed by atoms with E-state index in [-0.39, 0.29) is 16.5 Å². The molecule has 0 fully saturated rings. The highest BCUT2D eigenvalue weighted by molar-refractivity contribution is 7.99. The number of hydrogen-bond donors (Lipinski definition) is 1. The molecule has 0 bridgehead atoms. The van der Waals surface area contributed by atoms with Crippen LogP contribution in [0.4, 0.5) is 18.9 Å². The van der Waals surface area contributed by atoms with Crippen molar-refractivity contribution in [1.29, 1.82) is 0 Å². The maximum Gasteiger partial charge on any atom is 0.417 e. The van der Waals surface area contributed by atoms with Crippen LogP contribution in [-0.2, 0) is 12.1 Å². The average molecular weight is 318 g/mol. The third kappa shape index (κ3) is 3.41. The molecule has 0 aromatic heterocycles. The highest BCUT2D eigenvalue weighted by Crippen LogP contribution is 2.41. The number of nitrogen functional groups attached to an aromatic ring is 1. The van der Waals surface area contributed by atoms with Crippen LogP contribution in [0, 0.1) is 0 Å². The molecule has 0 aliphatic heterocycles. The van der Waals surface area contributed by atoms with Crippen molar-refractivity contribution in [3.05, 3.63) is 53.6 Å². The fourth-order valence-corrected chi connectivity index (χ4v) is 3.08. The maximum absolute atomic E-state index is 13.0. The van der Waals surface area contributed by atoms with Gasteiger partial charge in [0.2, 0.25) is 0 Å². The molecule has 0 spiro atoms. The van der Waals surface area contributed by atoms with Gasteiger partial charge in [-0.05, 0) is 29.8 Å². The molecule has 0 aliphatic rings. The predicted molar refractivity (Wildman–Crippen MR) is 76.0 cm³/mol. The third-order valence-corrected chi connectivity index (χ3v) is 4.13. The van der Waals surface area contributed by atoms with Gasteiger partial charge in [0.1, 0.15) is 0 Å². The van der Waals surface area contributed by atoms with Gasteiger partial charge in [-0.25, -0.2) is 0 Å². The van der Waals surface area contributed by atoms with Crippen molar-refractivity contribution in [2.45, 2.75) is 21.8 Å². The second-order valence-electron chi connectivity index (χ2n) is 4.10. The molecular weight excluding hydrogens is 307 g/mol. The Bertz CT molecular complexity index is 614. The van der Waals surface area contributed by atoms with Gasteiger partial charge in [-0.15, -0.1) is 11.6 Å². The fraction of sp³-hybridized carbons (Fsp3) is 0.143. The molecule has 2 aromatic carbocycles. The van der Waals surface area contributed by atoms with Gasteiger partial charge in [-0.2, -0.15) is 13.2 Å². The van der Waals surface area contributed by atoms with E-state index >= 15 is 0 Å². The van der Waals surface area contributed by atoms with E-state index in [2.05, 4.69) is 0 Å². The van der Waals surface area contributed by atoms with Crippen molar-refractivity contribution >= 4 is 29.1 Å². The molecule has 2 N–H and O–H groups in total. The van der Waals surface area contributed by atoms with E-state index in [1.54, 1.807) is 24.3 Å². The average Bonchev–Trinajstić information content (AvgIpc) is 2.40. The van der Waals surface area contributed by atoms with Gasteiger partial charge in [-0.1, -0.05) is 30.0 Å². The monoisotopic (exact) mass is 317 g/mol. The minimum atomic E-state index is -4.44.